The number of H-pyrrole nitrogens is 1. The van der Waals surface area contributed by atoms with E-state index in [-0.39, 0.29) is 17.9 Å². The Hall–Kier alpha value is -3.34. The zero-order chi connectivity index (χ0) is 26.8. The fourth-order valence-electron chi connectivity index (χ4n) is 4.01. The molecular weight excluding hydrogens is 501 g/mol. The Bertz CT molecular complexity index is 1160. The Morgan fingerprint density at radius 3 is 2.62 bits per heavy atom. The summed E-state index contributed by atoms with van der Waals surface area (Å²) in [5.41, 5.74) is 2.10. The van der Waals surface area contributed by atoms with Gasteiger partial charge < -0.3 is 20.1 Å². The van der Waals surface area contributed by atoms with Crippen molar-refractivity contribution in [1.29, 1.82) is 0 Å². The van der Waals surface area contributed by atoms with E-state index in [1.807, 2.05) is 24.1 Å². The number of ether oxygens (including phenoxy) is 1. The first-order chi connectivity index (χ1) is 17.8. The van der Waals surface area contributed by atoms with Gasteiger partial charge >= 0.3 is 5.97 Å². The van der Waals surface area contributed by atoms with Crippen molar-refractivity contribution in [2.24, 2.45) is 5.92 Å². The number of methoxy groups -OCH3 is 1. The highest BCUT2D eigenvalue weighted by molar-refractivity contribution is 6.30. The Labute approximate surface area is 220 Å². The van der Waals surface area contributed by atoms with Gasteiger partial charge in [0, 0.05) is 30.3 Å². The van der Waals surface area contributed by atoms with E-state index in [1.54, 1.807) is 25.3 Å². The molecule has 0 aliphatic carbocycles. The number of aromatic amines is 1. The molecule has 0 bridgehead atoms. The molecule has 198 valence electrons. The second-order valence-corrected chi connectivity index (χ2v) is 9.36. The Morgan fingerprint density at radius 2 is 1.97 bits per heavy atom. The number of rotatable bonds is 14. The number of likely N-dealkylation sites (N-methyl/N-ethyl adjacent to an activating group) is 1. The van der Waals surface area contributed by atoms with E-state index in [2.05, 4.69) is 20.7 Å². The lowest BCUT2D eigenvalue weighted by atomic mass is 9.91. The lowest BCUT2D eigenvalue weighted by molar-refractivity contribution is -0.142. The molecule has 1 heterocycles. The summed E-state index contributed by atoms with van der Waals surface area (Å²) in [6.45, 7) is 1.82. The highest BCUT2D eigenvalue weighted by Crippen LogP contribution is 2.27. The molecule has 9 nitrogen and oxygen atoms in total. The normalized spacial score (nSPS) is 12.9. The van der Waals surface area contributed by atoms with Crippen LogP contribution in [0.15, 0.2) is 48.7 Å². The van der Waals surface area contributed by atoms with E-state index in [9.17, 15) is 19.1 Å². The number of nitrogens with zero attached hydrogens (tertiary/aromatic N) is 3. The minimum absolute atomic E-state index is 0.183. The summed E-state index contributed by atoms with van der Waals surface area (Å²) in [5, 5.41) is 22.9. The van der Waals surface area contributed by atoms with Gasteiger partial charge in [-0.15, -0.1) is 5.10 Å². The third-order valence-electron chi connectivity index (χ3n) is 6.13. The summed E-state index contributed by atoms with van der Waals surface area (Å²) >= 11 is 6.03. The number of amides is 1. The molecule has 0 saturated carbocycles. The molecular formula is C26H31ClFN5O4. The van der Waals surface area contributed by atoms with Gasteiger partial charge in [0.15, 0.2) is 0 Å². The van der Waals surface area contributed by atoms with Gasteiger partial charge in [0.2, 0.25) is 0 Å². The van der Waals surface area contributed by atoms with Gasteiger partial charge in [-0.2, -0.15) is 0 Å². The second kappa shape index (κ2) is 13.8. The Balaban J connectivity index is 1.75. The van der Waals surface area contributed by atoms with E-state index < -0.39 is 23.8 Å². The third kappa shape index (κ3) is 8.63. The average molecular weight is 532 g/mol. The zero-order valence-electron chi connectivity index (χ0n) is 20.8. The summed E-state index contributed by atoms with van der Waals surface area (Å²) in [6.07, 6.45) is 2.33. The number of benzene rings is 2. The van der Waals surface area contributed by atoms with Crippen LogP contribution in [0.4, 0.5) is 4.39 Å². The quantitative estimate of drug-likeness (QED) is 0.290. The highest BCUT2D eigenvalue weighted by Gasteiger charge is 2.25. The first kappa shape index (κ1) is 28.2. The van der Waals surface area contributed by atoms with Crippen LogP contribution in [0, 0.1) is 11.7 Å². The zero-order valence-corrected chi connectivity index (χ0v) is 21.5. The summed E-state index contributed by atoms with van der Waals surface area (Å²) in [6, 6.07) is 11.1. The molecule has 0 unspecified atom stereocenters. The van der Waals surface area contributed by atoms with E-state index in [0.29, 0.717) is 48.7 Å². The van der Waals surface area contributed by atoms with E-state index in [0.717, 1.165) is 5.56 Å². The molecule has 2 aromatic carbocycles. The molecule has 0 aliphatic heterocycles. The molecule has 3 N–H and O–H groups in total. The first-order valence-electron chi connectivity index (χ1n) is 11.9. The number of hydrogen-bond acceptors (Lipinski definition) is 6. The van der Waals surface area contributed by atoms with Crippen LogP contribution in [0.1, 0.15) is 28.9 Å². The van der Waals surface area contributed by atoms with E-state index in [1.165, 1.54) is 18.3 Å². The van der Waals surface area contributed by atoms with Gasteiger partial charge in [0.05, 0.1) is 18.7 Å². The van der Waals surface area contributed by atoms with Crippen molar-refractivity contribution in [2.75, 3.05) is 33.9 Å². The van der Waals surface area contributed by atoms with Crippen LogP contribution in [0.3, 0.4) is 0 Å². The maximum absolute atomic E-state index is 14.3. The second-order valence-electron chi connectivity index (χ2n) is 8.92. The summed E-state index contributed by atoms with van der Waals surface area (Å²) < 4.78 is 19.4. The molecule has 3 rings (SSSR count). The molecule has 0 radical (unpaired) electrons. The number of hydrogen-bond donors (Lipinski definition) is 3. The molecule has 0 saturated heterocycles. The maximum Gasteiger partial charge on any atom is 0.306 e. The number of carboxylic acids is 1. The van der Waals surface area contributed by atoms with Crippen molar-refractivity contribution in [3.05, 3.63) is 70.8 Å². The van der Waals surface area contributed by atoms with Gasteiger partial charge in [0.25, 0.3) is 5.91 Å². The maximum atomic E-state index is 14.3. The summed E-state index contributed by atoms with van der Waals surface area (Å²) in [4.78, 5) is 26.8. The number of nitrogens with one attached hydrogen (secondary N) is 2. The molecule has 1 amide bonds. The molecule has 0 fully saturated rings. The molecule has 37 heavy (non-hydrogen) atoms. The van der Waals surface area contributed by atoms with Crippen LogP contribution < -0.4 is 5.32 Å². The standard InChI is InChI=1S/C26H31ClFN5O4/c1-33(11-12-37-2)10-9-19(26(35)36)14-21(30-25(34)24-16-29-32-31-24)13-17-3-5-18(6-4-17)22-15-20(27)7-8-23(22)28/h3-8,15-16,19,21H,9-14H2,1-2H3,(H,30,34)(H,35,36)(H,29,31,32)/t19-,21-/m1/s1. The number of halogens is 2. The smallest absolute Gasteiger partial charge is 0.306 e. The molecule has 0 aliphatic rings. The lowest BCUT2D eigenvalue weighted by Crippen LogP contribution is -2.40. The van der Waals surface area contributed by atoms with Gasteiger partial charge in [-0.25, -0.2) is 4.39 Å². The van der Waals surface area contributed by atoms with Crippen molar-refractivity contribution in [1.82, 2.24) is 25.6 Å². The van der Waals surface area contributed by atoms with Crippen LogP contribution in [-0.2, 0) is 16.0 Å². The third-order valence-corrected chi connectivity index (χ3v) is 6.36. The fourth-order valence-corrected chi connectivity index (χ4v) is 4.18. The summed E-state index contributed by atoms with van der Waals surface area (Å²) in [5.74, 6) is -2.39. The van der Waals surface area contributed by atoms with E-state index in [4.69, 9.17) is 16.3 Å². The van der Waals surface area contributed by atoms with E-state index >= 15 is 0 Å². The van der Waals surface area contributed by atoms with Crippen LogP contribution in [0.25, 0.3) is 11.1 Å². The monoisotopic (exact) mass is 531 g/mol. The number of carbonyl (C=O) groups is 2. The number of aromatic nitrogens is 3. The average Bonchev–Trinajstić information content (AvgIpc) is 3.42. The Kier molecular flexibility index (Phi) is 10.6. The van der Waals surface area contributed by atoms with Gasteiger partial charge in [-0.3, -0.25) is 14.7 Å². The van der Waals surface area contributed by atoms with Gasteiger partial charge in [-0.1, -0.05) is 41.1 Å². The predicted octanol–water partition coefficient (Wildman–Crippen LogP) is 3.66. The predicted molar refractivity (Wildman–Crippen MR) is 138 cm³/mol. The fraction of sp³-hybridized carbons (Fsp3) is 0.385. The van der Waals surface area contributed by atoms with Crippen molar-refractivity contribution in [3.63, 3.8) is 0 Å². The van der Waals surface area contributed by atoms with Gasteiger partial charge in [-0.05, 0) is 62.2 Å². The van der Waals surface area contributed by atoms with Crippen molar-refractivity contribution < 1.29 is 23.8 Å². The van der Waals surface area contributed by atoms with Crippen LogP contribution >= 0.6 is 11.6 Å². The minimum Gasteiger partial charge on any atom is -0.481 e. The molecule has 11 heteroatoms. The largest absolute Gasteiger partial charge is 0.481 e. The Morgan fingerprint density at radius 1 is 1.22 bits per heavy atom. The van der Waals surface area contributed by atoms with Gasteiger partial charge in [0.1, 0.15) is 11.5 Å². The first-order valence-corrected chi connectivity index (χ1v) is 12.3. The molecule has 2 atom stereocenters. The molecule has 0 spiro atoms. The number of carbonyl (C=O) groups excluding carboxylic acids is 1. The van der Waals surface area contributed by atoms with Crippen molar-refractivity contribution >= 4 is 23.5 Å². The number of aliphatic carboxylic acids is 1. The minimum atomic E-state index is -0.922. The summed E-state index contributed by atoms with van der Waals surface area (Å²) in [7, 11) is 3.53. The molecule has 1 aromatic heterocycles. The SMILES string of the molecule is COCCN(C)CC[C@H](C[C@@H](Cc1ccc(-c2cc(Cl)ccc2F)cc1)NC(=O)c1cnn[nH]1)C(=O)O. The molecule has 3 aromatic rings. The number of carboxylic acid groups (broad SMARTS) is 1. The highest BCUT2D eigenvalue weighted by atomic mass is 35.5. The lowest BCUT2D eigenvalue weighted by Gasteiger charge is -2.24. The topological polar surface area (TPSA) is 120 Å². The van der Waals surface area contributed by atoms with Crippen LogP contribution in [0.2, 0.25) is 5.02 Å². The van der Waals surface area contributed by atoms with Crippen molar-refractivity contribution in [2.45, 2.75) is 25.3 Å². The van der Waals surface area contributed by atoms with Crippen LogP contribution in [-0.4, -0.2) is 77.2 Å². The van der Waals surface area contributed by atoms with Crippen LogP contribution in [0.5, 0.6) is 0 Å². The van der Waals surface area contributed by atoms with Crippen molar-refractivity contribution in [3.8, 4) is 11.1 Å².